The summed E-state index contributed by atoms with van der Waals surface area (Å²) in [5.74, 6) is 2.15. The van der Waals surface area contributed by atoms with Gasteiger partial charge < -0.3 is 23.8 Å². The number of unbranched alkanes of at least 4 members (excludes halogenated alkanes) is 4. The van der Waals surface area contributed by atoms with Crippen LogP contribution in [0.25, 0.3) is 22.0 Å². The molecule has 194 valence electrons. The average molecular weight is 510 g/mol. The summed E-state index contributed by atoms with van der Waals surface area (Å²) in [6.45, 7) is 1.13. The van der Waals surface area contributed by atoms with Crippen molar-refractivity contribution >= 4 is 16.7 Å². The molecule has 3 heterocycles. The van der Waals surface area contributed by atoms with Gasteiger partial charge in [-0.25, -0.2) is 0 Å². The first kappa shape index (κ1) is 24.6. The van der Waals surface area contributed by atoms with Crippen molar-refractivity contribution in [2.24, 2.45) is 0 Å². The van der Waals surface area contributed by atoms with Gasteiger partial charge in [0.25, 0.3) is 5.09 Å². The minimum absolute atomic E-state index is 0.105. The molecule has 10 heteroatoms. The Morgan fingerprint density at radius 2 is 1.86 bits per heavy atom. The highest BCUT2D eigenvalue weighted by molar-refractivity contribution is 5.93. The van der Waals surface area contributed by atoms with Gasteiger partial charge >= 0.3 is 5.97 Å². The number of pyridine rings is 1. The van der Waals surface area contributed by atoms with Crippen LogP contribution in [0, 0.1) is 10.1 Å². The average Bonchev–Trinajstić information content (AvgIpc) is 3.35. The van der Waals surface area contributed by atoms with E-state index in [-0.39, 0.29) is 25.8 Å². The lowest BCUT2D eigenvalue weighted by Crippen LogP contribution is -2.40. The SMILES string of the molecule is COc1ccc2cc3[n+](cc2c1OC(=O)CCCCCCCO[N+](=O)[O-])CCc1cc2c(cc1-3)OCO2. The smallest absolute Gasteiger partial charge is 0.311 e. The Bertz CT molecular complexity index is 1340. The molecule has 0 amide bonds. The Morgan fingerprint density at radius 1 is 1.08 bits per heavy atom. The zero-order valence-corrected chi connectivity index (χ0v) is 20.7. The number of fused-ring (bicyclic) bond motifs is 5. The van der Waals surface area contributed by atoms with Crippen molar-refractivity contribution in [3.05, 3.63) is 52.2 Å². The van der Waals surface area contributed by atoms with Crippen LogP contribution in [0.3, 0.4) is 0 Å². The van der Waals surface area contributed by atoms with Crippen LogP contribution >= 0.6 is 0 Å². The lowest BCUT2D eigenvalue weighted by Gasteiger charge is -2.17. The first-order valence-electron chi connectivity index (χ1n) is 12.5. The van der Waals surface area contributed by atoms with Gasteiger partial charge in [-0.3, -0.25) is 4.79 Å². The Hall–Kier alpha value is -4.08. The summed E-state index contributed by atoms with van der Waals surface area (Å²) in [5.41, 5.74) is 3.39. The number of aryl methyl sites for hydroxylation is 2. The summed E-state index contributed by atoms with van der Waals surface area (Å²) >= 11 is 0. The number of hydrogen-bond donors (Lipinski definition) is 0. The summed E-state index contributed by atoms with van der Waals surface area (Å²) in [7, 11) is 1.56. The fourth-order valence-electron chi connectivity index (χ4n) is 4.87. The zero-order chi connectivity index (χ0) is 25.8. The third kappa shape index (κ3) is 5.37. The molecule has 0 unspecified atom stereocenters. The highest BCUT2D eigenvalue weighted by Gasteiger charge is 2.29. The molecule has 0 aliphatic carbocycles. The van der Waals surface area contributed by atoms with Gasteiger partial charge in [0, 0.05) is 18.9 Å². The minimum atomic E-state index is -0.777. The first-order valence-corrected chi connectivity index (χ1v) is 12.5. The Morgan fingerprint density at radius 3 is 2.68 bits per heavy atom. The summed E-state index contributed by atoms with van der Waals surface area (Å²) in [6.07, 6.45) is 6.98. The Balaban J connectivity index is 1.29. The van der Waals surface area contributed by atoms with E-state index in [4.69, 9.17) is 18.9 Å². The highest BCUT2D eigenvalue weighted by atomic mass is 16.9. The minimum Gasteiger partial charge on any atom is -0.493 e. The molecule has 0 N–H and O–H groups in total. The van der Waals surface area contributed by atoms with E-state index in [0.717, 1.165) is 65.8 Å². The lowest BCUT2D eigenvalue weighted by atomic mass is 9.95. The van der Waals surface area contributed by atoms with Crippen LogP contribution in [-0.4, -0.2) is 31.6 Å². The normalized spacial score (nSPS) is 13.1. The molecule has 0 bridgehead atoms. The summed E-state index contributed by atoms with van der Waals surface area (Å²) in [4.78, 5) is 27.2. The lowest BCUT2D eigenvalue weighted by molar-refractivity contribution is -0.757. The number of methoxy groups -OCH3 is 1. The highest BCUT2D eigenvalue weighted by Crippen LogP contribution is 2.41. The molecule has 0 atom stereocenters. The van der Waals surface area contributed by atoms with Crippen LogP contribution in [0.2, 0.25) is 0 Å². The van der Waals surface area contributed by atoms with Gasteiger partial charge in [-0.1, -0.05) is 19.3 Å². The molecule has 37 heavy (non-hydrogen) atoms. The molecular formula is C27H29N2O8+. The van der Waals surface area contributed by atoms with Crippen LogP contribution in [-0.2, 0) is 22.6 Å². The van der Waals surface area contributed by atoms with Crippen LogP contribution in [0.4, 0.5) is 0 Å². The maximum Gasteiger partial charge on any atom is 0.311 e. The number of nitrogens with zero attached hydrogens (tertiary/aromatic N) is 2. The first-order chi connectivity index (χ1) is 18.0. The second-order valence-corrected chi connectivity index (χ2v) is 9.11. The van der Waals surface area contributed by atoms with Gasteiger partial charge in [-0.15, -0.1) is 10.1 Å². The van der Waals surface area contributed by atoms with Crippen LogP contribution in [0.15, 0.2) is 36.5 Å². The van der Waals surface area contributed by atoms with Crippen molar-refractivity contribution in [2.45, 2.75) is 51.5 Å². The van der Waals surface area contributed by atoms with E-state index in [1.807, 2.05) is 24.4 Å². The predicted molar refractivity (Wildman–Crippen MR) is 132 cm³/mol. The molecule has 2 aliphatic heterocycles. The van der Waals surface area contributed by atoms with E-state index >= 15 is 0 Å². The molecule has 1 aromatic heterocycles. The monoisotopic (exact) mass is 509 g/mol. The second kappa shape index (κ2) is 10.9. The zero-order valence-electron chi connectivity index (χ0n) is 20.7. The van der Waals surface area contributed by atoms with E-state index in [9.17, 15) is 14.9 Å². The van der Waals surface area contributed by atoms with Crippen molar-refractivity contribution in [3.8, 4) is 34.3 Å². The predicted octanol–water partition coefficient (Wildman–Crippen LogP) is 4.54. The van der Waals surface area contributed by atoms with Gasteiger partial charge in [0.05, 0.1) is 24.7 Å². The fourth-order valence-corrected chi connectivity index (χ4v) is 4.87. The number of esters is 1. The Kier molecular flexibility index (Phi) is 7.25. The summed E-state index contributed by atoms with van der Waals surface area (Å²) in [5, 5.41) is 11.1. The third-order valence-electron chi connectivity index (χ3n) is 6.73. The molecular weight excluding hydrogens is 480 g/mol. The third-order valence-corrected chi connectivity index (χ3v) is 6.73. The van der Waals surface area contributed by atoms with Crippen LogP contribution in [0.5, 0.6) is 23.0 Å². The molecule has 10 nitrogen and oxygen atoms in total. The molecule has 0 saturated carbocycles. The van der Waals surface area contributed by atoms with E-state index in [1.54, 1.807) is 7.11 Å². The van der Waals surface area contributed by atoms with Gasteiger partial charge in [-0.2, -0.15) is 4.57 Å². The van der Waals surface area contributed by atoms with E-state index in [0.29, 0.717) is 24.3 Å². The number of carbonyl (C=O) groups is 1. The van der Waals surface area contributed by atoms with Crippen molar-refractivity contribution in [1.82, 2.24) is 0 Å². The molecule has 2 aliphatic rings. The van der Waals surface area contributed by atoms with Gasteiger partial charge in [0.2, 0.25) is 12.5 Å². The largest absolute Gasteiger partial charge is 0.493 e. The van der Waals surface area contributed by atoms with Crippen molar-refractivity contribution in [3.63, 3.8) is 0 Å². The standard InChI is InChI=1S/C27H29N2O8/c1-33-23-9-8-18-13-22-20-15-25-24(34-17-35-25)14-19(20)10-11-28(22)16-21(18)27(23)37-26(30)7-5-3-2-4-6-12-36-29(31)32/h8-9,13-16H,2-7,10-12,17H2,1H3/q+1. The van der Waals surface area contributed by atoms with Gasteiger partial charge in [-0.05, 0) is 48.1 Å². The fraction of sp³-hybridized carbons (Fsp3) is 0.407. The van der Waals surface area contributed by atoms with Gasteiger partial charge in [0.15, 0.2) is 35.7 Å². The topological polar surface area (TPSA) is 110 Å². The molecule has 3 aromatic rings. The number of hydrogen-bond acceptors (Lipinski definition) is 8. The van der Waals surface area contributed by atoms with Crippen LogP contribution in [0.1, 0.15) is 44.1 Å². The van der Waals surface area contributed by atoms with Crippen LogP contribution < -0.4 is 23.5 Å². The van der Waals surface area contributed by atoms with E-state index < -0.39 is 5.09 Å². The van der Waals surface area contributed by atoms with Crippen molar-refractivity contribution in [2.75, 3.05) is 20.5 Å². The molecule has 0 spiro atoms. The summed E-state index contributed by atoms with van der Waals surface area (Å²) in [6, 6.07) is 9.99. The van der Waals surface area contributed by atoms with Crippen molar-refractivity contribution in [1.29, 1.82) is 0 Å². The molecule has 2 aromatic carbocycles. The van der Waals surface area contributed by atoms with Gasteiger partial charge in [0.1, 0.15) is 0 Å². The molecule has 0 saturated heterocycles. The summed E-state index contributed by atoms with van der Waals surface area (Å²) < 4.78 is 24.7. The Labute approximate surface area is 213 Å². The van der Waals surface area contributed by atoms with E-state index in [2.05, 4.69) is 21.5 Å². The molecule has 0 fully saturated rings. The number of aromatic nitrogens is 1. The quantitative estimate of drug-likeness (QED) is 0.0925. The van der Waals surface area contributed by atoms with E-state index in [1.165, 1.54) is 5.56 Å². The molecule has 0 radical (unpaired) electrons. The number of rotatable bonds is 11. The number of benzene rings is 2. The maximum absolute atomic E-state index is 12.7. The number of ether oxygens (including phenoxy) is 4. The second-order valence-electron chi connectivity index (χ2n) is 9.11. The molecule has 5 rings (SSSR count). The maximum atomic E-state index is 12.7. The number of carbonyl (C=O) groups excluding carboxylic acids is 1. The van der Waals surface area contributed by atoms with Crippen molar-refractivity contribution < 1.29 is 38.2 Å².